The van der Waals surface area contributed by atoms with Crippen LogP contribution in [0, 0.1) is 6.92 Å². The van der Waals surface area contributed by atoms with Crippen molar-refractivity contribution in [1.29, 1.82) is 0 Å². The third-order valence-corrected chi connectivity index (χ3v) is 3.45. The van der Waals surface area contributed by atoms with E-state index >= 15 is 0 Å². The summed E-state index contributed by atoms with van der Waals surface area (Å²) in [6, 6.07) is 19.5. The first-order chi connectivity index (χ1) is 11.2. The van der Waals surface area contributed by atoms with Gasteiger partial charge < -0.3 is 0 Å². The van der Waals surface area contributed by atoms with E-state index in [9.17, 15) is 4.79 Å². The minimum absolute atomic E-state index is 0.173. The summed E-state index contributed by atoms with van der Waals surface area (Å²) in [5.41, 5.74) is 3.11. The van der Waals surface area contributed by atoms with Gasteiger partial charge in [0.1, 0.15) is 0 Å². The number of aromatic nitrogens is 2. The molecule has 0 aliphatic heterocycles. The van der Waals surface area contributed by atoms with Crippen molar-refractivity contribution in [3.05, 3.63) is 89.5 Å². The maximum Gasteiger partial charge on any atom is 0.250 e. The fourth-order valence-corrected chi connectivity index (χ4v) is 2.21. The fraction of sp³-hybridized carbons (Fsp3) is 0.105. The topological polar surface area (TPSA) is 47.2 Å². The molecule has 114 valence electrons. The lowest BCUT2D eigenvalue weighted by atomic mass is 10.1. The van der Waals surface area contributed by atoms with Gasteiger partial charge in [0, 0.05) is 6.20 Å². The number of rotatable bonds is 3. The summed E-state index contributed by atoms with van der Waals surface area (Å²) >= 11 is 0. The van der Waals surface area contributed by atoms with E-state index in [1.54, 1.807) is 23.1 Å². The number of para-hydroxylation sites is 1. The van der Waals surface area contributed by atoms with E-state index < -0.39 is 0 Å². The molecule has 0 spiro atoms. The van der Waals surface area contributed by atoms with Crippen LogP contribution in [0.1, 0.15) is 11.1 Å². The van der Waals surface area contributed by atoms with Crippen LogP contribution in [0.3, 0.4) is 0 Å². The second kappa shape index (κ2) is 6.83. The molecule has 3 rings (SSSR count). The number of hydrogen-bond acceptors (Lipinski definition) is 2. The van der Waals surface area contributed by atoms with Crippen molar-refractivity contribution in [2.75, 3.05) is 0 Å². The Kier molecular flexibility index (Phi) is 4.43. The van der Waals surface area contributed by atoms with Gasteiger partial charge in [0.25, 0.3) is 5.91 Å². The zero-order valence-corrected chi connectivity index (χ0v) is 12.9. The molecule has 3 aromatic rings. The molecule has 0 bridgehead atoms. The number of hydrogen-bond donors (Lipinski definition) is 0. The van der Waals surface area contributed by atoms with Crippen LogP contribution in [0.15, 0.2) is 78.0 Å². The Hall–Kier alpha value is -3.01. The highest BCUT2D eigenvalue weighted by Gasteiger charge is 2.01. The third kappa shape index (κ3) is 4.01. The summed E-state index contributed by atoms with van der Waals surface area (Å²) in [4.78, 5) is 16.1. The van der Waals surface area contributed by atoms with Crippen molar-refractivity contribution in [2.45, 2.75) is 13.3 Å². The van der Waals surface area contributed by atoms with Crippen molar-refractivity contribution >= 4 is 5.91 Å². The second-order valence-corrected chi connectivity index (χ2v) is 5.33. The molecule has 0 N–H and O–H groups in total. The highest BCUT2D eigenvalue weighted by molar-refractivity contribution is 5.79. The zero-order chi connectivity index (χ0) is 16.1. The molecule has 0 fully saturated rings. The van der Waals surface area contributed by atoms with Gasteiger partial charge in [-0.2, -0.15) is 5.10 Å². The maximum absolute atomic E-state index is 12.0. The van der Waals surface area contributed by atoms with Gasteiger partial charge >= 0.3 is 0 Å². The molecule has 0 saturated heterocycles. The molecule has 0 radical (unpaired) electrons. The minimum Gasteiger partial charge on any atom is -0.272 e. The molecule has 2 aromatic carbocycles. The molecule has 1 amide bonds. The van der Waals surface area contributed by atoms with E-state index in [0.29, 0.717) is 11.8 Å². The first kappa shape index (κ1) is 14.9. The average Bonchev–Trinajstić information content (AvgIpc) is 2.58. The largest absolute Gasteiger partial charge is 0.272 e. The van der Waals surface area contributed by atoms with E-state index in [4.69, 9.17) is 0 Å². The van der Waals surface area contributed by atoms with Gasteiger partial charge in [-0.25, -0.2) is 9.67 Å². The summed E-state index contributed by atoms with van der Waals surface area (Å²) < 4.78 is 1.74. The molecule has 1 aromatic heterocycles. The Morgan fingerprint density at radius 3 is 2.43 bits per heavy atom. The lowest BCUT2D eigenvalue weighted by Gasteiger charge is -2.03. The molecular weight excluding hydrogens is 286 g/mol. The molecule has 4 heteroatoms. The summed E-state index contributed by atoms with van der Waals surface area (Å²) in [6.45, 7) is 2.02. The van der Waals surface area contributed by atoms with Crippen LogP contribution < -0.4 is 5.36 Å². The number of aryl methyl sites for hydroxylation is 1. The third-order valence-electron chi connectivity index (χ3n) is 3.45. The predicted molar refractivity (Wildman–Crippen MR) is 89.0 cm³/mol. The number of carbonyl (C=O) groups is 1. The second-order valence-electron chi connectivity index (χ2n) is 5.33. The Balaban J connectivity index is 1.74. The van der Waals surface area contributed by atoms with Crippen LogP contribution in [0.2, 0.25) is 0 Å². The zero-order valence-electron chi connectivity index (χ0n) is 12.9. The summed E-state index contributed by atoms with van der Waals surface area (Å²) in [5.74, 6) is -0.173. The van der Waals surface area contributed by atoms with Crippen LogP contribution in [-0.4, -0.2) is 15.7 Å². The van der Waals surface area contributed by atoms with Crippen molar-refractivity contribution in [3.8, 4) is 5.69 Å². The van der Waals surface area contributed by atoms with Crippen LogP contribution in [0.5, 0.6) is 0 Å². The van der Waals surface area contributed by atoms with Crippen LogP contribution in [0.25, 0.3) is 5.69 Å². The lowest BCUT2D eigenvalue weighted by molar-refractivity contribution is -0.117. The smallest absolute Gasteiger partial charge is 0.250 e. The van der Waals surface area contributed by atoms with Gasteiger partial charge in [-0.15, -0.1) is 0 Å². The summed E-state index contributed by atoms with van der Waals surface area (Å²) in [5, 5.41) is 4.86. The molecule has 0 aliphatic rings. The van der Waals surface area contributed by atoms with E-state index in [0.717, 1.165) is 11.3 Å². The molecule has 0 aliphatic carbocycles. The van der Waals surface area contributed by atoms with Crippen molar-refractivity contribution in [1.82, 2.24) is 9.78 Å². The average molecular weight is 303 g/mol. The van der Waals surface area contributed by atoms with Gasteiger partial charge in [-0.05, 0) is 30.7 Å². The van der Waals surface area contributed by atoms with Gasteiger partial charge in [0.15, 0.2) is 0 Å². The minimum atomic E-state index is -0.173. The van der Waals surface area contributed by atoms with Crippen molar-refractivity contribution in [3.63, 3.8) is 0 Å². The van der Waals surface area contributed by atoms with Crippen molar-refractivity contribution < 1.29 is 4.79 Å². The highest BCUT2D eigenvalue weighted by Crippen LogP contribution is 2.05. The van der Waals surface area contributed by atoms with E-state index in [-0.39, 0.29) is 5.91 Å². The monoisotopic (exact) mass is 303 g/mol. The SMILES string of the molecule is Cc1ccc(CC(=O)/N=c2/ccn(-c3ccccc3)nc2)cc1. The maximum atomic E-state index is 12.0. The Morgan fingerprint density at radius 1 is 1.04 bits per heavy atom. The van der Waals surface area contributed by atoms with Crippen LogP contribution >= 0.6 is 0 Å². The first-order valence-electron chi connectivity index (χ1n) is 7.44. The normalized spacial score (nSPS) is 11.4. The number of benzene rings is 2. The summed E-state index contributed by atoms with van der Waals surface area (Å²) in [7, 11) is 0. The van der Waals surface area contributed by atoms with Gasteiger partial charge in [0.2, 0.25) is 0 Å². The standard InChI is InChI=1S/C19H17N3O/c1-15-7-9-16(10-8-15)13-19(23)21-17-11-12-22(20-14-17)18-5-3-2-4-6-18/h2-12,14H,13H2,1H3/b21-17-. The number of amides is 1. The van der Waals surface area contributed by atoms with Crippen LogP contribution in [-0.2, 0) is 11.2 Å². The lowest BCUT2D eigenvalue weighted by Crippen LogP contribution is -2.12. The molecule has 0 unspecified atom stereocenters. The Morgan fingerprint density at radius 2 is 1.78 bits per heavy atom. The van der Waals surface area contributed by atoms with Gasteiger partial charge in [0.05, 0.1) is 23.7 Å². The quantitative estimate of drug-likeness (QED) is 0.747. The first-order valence-corrected chi connectivity index (χ1v) is 7.44. The fourth-order valence-electron chi connectivity index (χ4n) is 2.21. The number of carbonyl (C=O) groups excluding carboxylic acids is 1. The molecule has 0 atom stereocenters. The number of nitrogens with zero attached hydrogens (tertiary/aromatic N) is 3. The van der Waals surface area contributed by atoms with E-state index in [1.165, 1.54) is 5.56 Å². The molecule has 1 heterocycles. The van der Waals surface area contributed by atoms with Crippen LogP contribution in [0.4, 0.5) is 0 Å². The summed E-state index contributed by atoms with van der Waals surface area (Å²) in [6.07, 6.45) is 3.70. The van der Waals surface area contributed by atoms with Gasteiger partial charge in [-0.1, -0.05) is 48.0 Å². The predicted octanol–water partition coefficient (Wildman–Crippen LogP) is 2.85. The molecular formula is C19H17N3O. The highest BCUT2D eigenvalue weighted by atomic mass is 16.1. The van der Waals surface area contributed by atoms with E-state index in [1.807, 2.05) is 61.5 Å². The molecule has 0 saturated carbocycles. The van der Waals surface area contributed by atoms with Crippen molar-refractivity contribution in [2.24, 2.45) is 4.99 Å². The molecule has 4 nitrogen and oxygen atoms in total. The van der Waals surface area contributed by atoms with E-state index in [2.05, 4.69) is 10.1 Å². The van der Waals surface area contributed by atoms with Gasteiger partial charge in [-0.3, -0.25) is 4.79 Å². The Bertz CT molecular complexity index is 845. The Labute approximate surface area is 134 Å². The molecule has 23 heavy (non-hydrogen) atoms.